The molecule has 1 amide bonds. The minimum atomic E-state index is -1.46. The van der Waals surface area contributed by atoms with Gasteiger partial charge in [0.2, 0.25) is 0 Å². The van der Waals surface area contributed by atoms with Gasteiger partial charge in [-0.05, 0) is 18.2 Å². The second-order valence-corrected chi connectivity index (χ2v) is 4.69. The minimum absolute atomic E-state index is 0.124. The fraction of sp³-hybridized carbons (Fsp3) is 0.286. The van der Waals surface area contributed by atoms with Gasteiger partial charge in [0.1, 0.15) is 5.54 Å². The van der Waals surface area contributed by atoms with Crippen LogP contribution in [-0.4, -0.2) is 56.4 Å². The molecule has 0 atom stereocenters. The Bertz CT molecular complexity index is 585. The van der Waals surface area contributed by atoms with Crippen molar-refractivity contribution in [2.75, 3.05) is 19.8 Å². The number of rotatable bonds is 6. The molecule has 0 bridgehead atoms. The second kappa shape index (κ2) is 6.49. The van der Waals surface area contributed by atoms with Gasteiger partial charge in [-0.3, -0.25) is 4.79 Å². The molecule has 0 fully saturated rings. The zero-order chi connectivity index (χ0) is 15.3. The number of hydrogen-bond donors (Lipinski definition) is 4. The summed E-state index contributed by atoms with van der Waals surface area (Å²) in [7, 11) is 0. The number of aliphatic hydroxyl groups excluding tert-OH is 3. The van der Waals surface area contributed by atoms with Crippen LogP contribution in [0.25, 0.3) is 5.69 Å². The fourth-order valence-corrected chi connectivity index (χ4v) is 1.74. The van der Waals surface area contributed by atoms with Crippen molar-refractivity contribution in [2.45, 2.75) is 5.54 Å². The van der Waals surface area contributed by atoms with Gasteiger partial charge in [-0.2, -0.15) is 5.10 Å². The van der Waals surface area contributed by atoms with Crippen molar-refractivity contribution in [1.29, 1.82) is 0 Å². The Kier molecular flexibility index (Phi) is 4.69. The third kappa shape index (κ3) is 3.27. The van der Waals surface area contributed by atoms with Crippen LogP contribution in [0.4, 0.5) is 0 Å². The topological polar surface area (TPSA) is 108 Å². The van der Waals surface area contributed by atoms with Crippen LogP contribution >= 0.6 is 0 Å². The number of amides is 1. The minimum Gasteiger partial charge on any atom is -0.394 e. The number of hydrogen-bond acceptors (Lipinski definition) is 5. The Morgan fingerprint density at radius 2 is 1.71 bits per heavy atom. The Balaban J connectivity index is 2.16. The molecule has 0 saturated carbocycles. The molecule has 1 aromatic heterocycles. The third-order valence-electron chi connectivity index (χ3n) is 3.13. The maximum Gasteiger partial charge on any atom is 0.272 e. The molecule has 2 rings (SSSR count). The van der Waals surface area contributed by atoms with Gasteiger partial charge in [0.25, 0.3) is 5.91 Å². The number of carbonyl (C=O) groups is 1. The standard InChI is InChI=1S/C14H17N3O4/c18-8-14(9-19,10-20)15-13(21)12-6-7-17(16-12)11-4-2-1-3-5-11/h1-7,18-20H,8-10H2,(H,15,21). The number of para-hydroxylation sites is 1. The molecule has 0 aliphatic carbocycles. The molecule has 2 aromatic rings. The summed E-state index contributed by atoms with van der Waals surface area (Å²) in [5.41, 5.74) is -0.541. The van der Waals surface area contributed by atoms with Crippen molar-refractivity contribution in [3.8, 4) is 5.69 Å². The molecule has 7 nitrogen and oxygen atoms in total. The lowest BCUT2D eigenvalue weighted by molar-refractivity contribution is 0.0373. The van der Waals surface area contributed by atoms with Gasteiger partial charge < -0.3 is 20.6 Å². The molecule has 112 valence electrons. The Hall–Kier alpha value is -2.22. The molecule has 0 aliphatic heterocycles. The van der Waals surface area contributed by atoms with E-state index in [4.69, 9.17) is 0 Å². The summed E-state index contributed by atoms with van der Waals surface area (Å²) in [6.45, 7) is -1.73. The zero-order valence-corrected chi connectivity index (χ0v) is 11.3. The first-order chi connectivity index (χ1) is 10.1. The van der Waals surface area contributed by atoms with Gasteiger partial charge in [0, 0.05) is 6.20 Å². The molecular weight excluding hydrogens is 274 g/mol. The smallest absolute Gasteiger partial charge is 0.272 e. The van der Waals surface area contributed by atoms with Crippen LogP contribution in [0, 0.1) is 0 Å². The summed E-state index contributed by atoms with van der Waals surface area (Å²) in [5, 5.41) is 34.1. The predicted molar refractivity (Wildman–Crippen MR) is 75.0 cm³/mol. The molecule has 0 aliphatic rings. The van der Waals surface area contributed by atoms with E-state index in [1.807, 2.05) is 30.3 Å². The highest BCUT2D eigenvalue weighted by Crippen LogP contribution is 2.08. The fourth-order valence-electron chi connectivity index (χ4n) is 1.74. The van der Waals surface area contributed by atoms with E-state index in [0.29, 0.717) is 0 Å². The van der Waals surface area contributed by atoms with E-state index in [2.05, 4.69) is 10.4 Å². The Labute approximate surface area is 121 Å². The van der Waals surface area contributed by atoms with Gasteiger partial charge in [0.15, 0.2) is 5.69 Å². The number of benzene rings is 1. The molecule has 21 heavy (non-hydrogen) atoms. The average molecular weight is 291 g/mol. The van der Waals surface area contributed by atoms with Crippen LogP contribution < -0.4 is 5.32 Å². The van der Waals surface area contributed by atoms with Crippen LogP contribution in [-0.2, 0) is 0 Å². The Morgan fingerprint density at radius 1 is 1.10 bits per heavy atom. The summed E-state index contributed by atoms with van der Waals surface area (Å²) in [6.07, 6.45) is 1.63. The summed E-state index contributed by atoms with van der Waals surface area (Å²) < 4.78 is 1.54. The molecule has 0 unspecified atom stereocenters. The molecule has 0 radical (unpaired) electrons. The van der Waals surface area contributed by atoms with E-state index in [-0.39, 0.29) is 5.69 Å². The highest BCUT2D eigenvalue weighted by atomic mass is 16.3. The molecule has 1 aromatic carbocycles. The molecule has 7 heteroatoms. The number of aliphatic hydroxyl groups is 3. The summed E-state index contributed by atoms with van der Waals surface area (Å²) in [5.74, 6) is -0.582. The number of aromatic nitrogens is 2. The predicted octanol–water partition coefficient (Wildman–Crippen LogP) is -0.682. The van der Waals surface area contributed by atoms with Crippen molar-refractivity contribution < 1.29 is 20.1 Å². The zero-order valence-electron chi connectivity index (χ0n) is 11.3. The molecule has 0 spiro atoms. The molecule has 0 saturated heterocycles. The van der Waals surface area contributed by atoms with Gasteiger partial charge in [0.05, 0.1) is 25.5 Å². The maximum absolute atomic E-state index is 12.1. The summed E-state index contributed by atoms with van der Waals surface area (Å²) in [4.78, 5) is 12.1. The van der Waals surface area contributed by atoms with E-state index in [9.17, 15) is 20.1 Å². The van der Waals surface area contributed by atoms with E-state index < -0.39 is 31.3 Å². The van der Waals surface area contributed by atoms with Gasteiger partial charge in [-0.15, -0.1) is 0 Å². The lowest BCUT2D eigenvalue weighted by Crippen LogP contribution is -2.57. The summed E-state index contributed by atoms with van der Waals surface area (Å²) in [6, 6.07) is 10.8. The van der Waals surface area contributed by atoms with E-state index in [1.54, 1.807) is 6.20 Å². The highest BCUT2D eigenvalue weighted by Gasteiger charge is 2.31. The van der Waals surface area contributed by atoms with Gasteiger partial charge in [-0.25, -0.2) is 4.68 Å². The molecule has 1 heterocycles. The van der Waals surface area contributed by atoms with Crippen LogP contribution in [0.5, 0.6) is 0 Å². The van der Waals surface area contributed by atoms with Crippen LogP contribution in [0.3, 0.4) is 0 Å². The Morgan fingerprint density at radius 3 is 2.29 bits per heavy atom. The van der Waals surface area contributed by atoms with Gasteiger partial charge >= 0.3 is 0 Å². The summed E-state index contributed by atoms with van der Waals surface area (Å²) >= 11 is 0. The highest BCUT2D eigenvalue weighted by molar-refractivity contribution is 5.92. The first-order valence-corrected chi connectivity index (χ1v) is 6.40. The maximum atomic E-state index is 12.1. The first kappa shape index (κ1) is 15.2. The number of nitrogens with zero attached hydrogens (tertiary/aromatic N) is 2. The van der Waals surface area contributed by atoms with Crippen LogP contribution in [0.1, 0.15) is 10.5 Å². The van der Waals surface area contributed by atoms with E-state index in [1.165, 1.54) is 10.7 Å². The van der Waals surface area contributed by atoms with Crippen LogP contribution in [0.2, 0.25) is 0 Å². The van der Waals surface area contributed by atoms with Crippen molar-refractivity contribution in [2.24, 2.45) is 0 Å². The quantitative estimate of drug-likeness (QED) is 0.564. The second-order valence-electron chi connectivity index (χ2n) is 4.69. The molecular formula is C14H17N3O4. The third-order valence-corrected chi connectivity index (χ3v) is 3.13. The number of carbonyl (C=O) groups excluding carboxylic acids is 1. The van der Waals surface area contributed by atoms with E-state index in [0.717, 1.165) is 5.69 Å². The first-order valence-electron chi connectivity index (χ1n) is 6.40. The van der Waals surface area contributed by atoms with Crippen molar-refractivity contribution in [3.63, 3.8) is 0 Å². The molecule has 4 N–H and O–H groups in total. The largest absolute Gasteiger partial charge is 0.394 e. The van der Waals surface area contributed by atoms with Crippen LogP contribution in [0.15, 0.2) is 42.6 Å². The SMILES string of the molecule is O=C(NC(CO)(CO)CO)c1ccn(-c2ccccc2)n1. The van der Waals surface area contributed by atoms with Crippen molar-refractivity contribution in [3.05, 3.63) is 48.3 Å². The lowest BCUT2D eigenvalue weighted by atomic mass is 10.0. The van der Waals surface area contributed by atoms with Gasteiger partial charge in [-0.1, -0.05) is 18.2 Å². The van der Waals surface area contributed by atoms with Crippen molar-refractivity contribution >= 4 is 5.91 Å². The van der Waals surface area contributed by atoms with E-state index >= 15 is 0 Å². The monoisotopic (exact) mass is 291 g/mol. The van der Waals surface area contributed by atoms with Crippen molar-refractivity contribution in [1.82, 2.24) is 15.1 Å². The average Bonchev–Trinajstić information content (AvgIpc) is 3.04. The number of nitrogens with one attached hydrogen (secondary N) is 1. The lowest BCUT2D eigenvalue weighted by Gasteiger charge is -2.28. The normalized spacial score (nSPS) is 11.4.